The predicted molar refractivity (Wildman–Crippen MR) is 84.8 cm³/mol. The van der Waals surface area contributed by atoms with Crippen LogP contribution in [0.15, 0.2) is 35.4 Å². The van der Waals surface area contributed by atoms with Crippen LogP contribution in [-0.4, -0.2) is 24.5 Å². The van der Waals surface area contributed by atoms with E-state index in [4.69, 9.17) is 5.73 Å². The zero-order chi connectivity index (χ0) is 15.6. The van der Waals surface area contributed by atoms with Gasteiger partial charge in [0.2, 0.25) is 0 Å². The molecule has 0 saturated carbocycles. The van der Waals surface area contributed by atoms with E-state index in [1.807, 2.05) is 10.9 Å². The summed E-state index contributed by atoms with van der Waals surface area (Å²) in [6, 6.07) is 6.98. The van der Waals surface area contributed by atoms with Crippen molar-refractivity contribution in [2.24, 2.45) is 0 Å². The van der Waals surface area contributed by atoms with Crippen LogP contribution in [0.1, 0.15) is 32.7 Å². The van der Waals surface area contributed by atoms with Gasteiger partial charge in [0.1, 0.15) is 5.69 Å². The van der Waals surface area contributed by atoms with Crippen LogP contribution in [0.2, 0.25) is 0 Å². The number of nitrogens with zero attached hydrogens (tertiary/aromatic N) is 2. The predicted octanol–water partition coefficient (Wildman–Crippen LogP) is 2.90. The maximum absolute atomic E-state index is 11.5. The zero-order valence-electron chi connectivity index (χ0n) is 12.6. The number of nitrogen functional groups attached to an aromatic ring is 1. The van der Waals surface area contributed by atoms with Gasteiger partial charge in [-0.1, -0.05) is 26.0 Å². The molecule has 0 spiro atoms. The first-order chi connectivity index (χ1) is 9.86. The number of aromatic nitrogens is 2. The van der Waals surface area contributed by atoms with Crippen LogP contribution < -0.4 is 5.73 Å². The number of hydrogen-bond acceptors (Lipinski definition) is 4. The average Bonchev–Trinajstić information content (AvgIpc) is 2.81. The molecule has 0 saturated heterocycles. The molecule has 1 aromatic carbocycles. The minimum atomic E-state index is -3.18. The Morgan fingerprint density at radius 1 is 1.19 bits per heavy atom. The fourth-order valence-corrected chi connectivity index (χ4v) is 2.97. The topological polar surface area (TPSA) is 78.0 Å². The minimum absolute atomic E-state index is 0.296. The minimum Gasteiger partial charge on any atom is -0.396 e. The molecule has 5 nitrogen and oxygen atoms in total. The lowest BCUT2D eigenvalue weighted by molar-refractivity contribution is 0.429. The molecule has 0 atom stereocenters. The Hall–Kier alpha value is -1.82. The highest BCUT2D eigenvalue weighted by Gasteiger charge is 2.14. The maximum atomic E-state index is 11.5. The van der Waals surface area contributed by atoms with E-state index >= 15 is 0 Å². The molecular weight excluding hydrogens is 286 g/mol. The van der Waals surface area contributed by atoms with Gasteiger partial charge in [-0.05, 0) is 25.0 Å². The van der Waals surface area contributed by atoms with E-state index in [1.54, 1.807) is 24.3 Å². The maximum Gasteiger partial charge on any atom is 0.175 e. The third kappa shape index (κ3) is 3.26. The normalized spacial score (nSPS) is 12.0. The third-order valence-electron chi connectivity index (χ3n) is 3.63. The number of anilines is 1. The Kier molecular flexibility index (Phi) is 4.37. The summed E-state index contributed by atoms with van der Waals surface area (Å²) < 4.78 is 24.8. The molecule has 0 aliphatic rings. The molecule has 2 N–H and O–H groups in total. The summed E-state index contributed by atoms with van der Waals surface area (Å²) in [5.74, 6) is 0. The summed E-state index contributed by atoms with van der Waals surface area (Å²) in [5.41, 5.74) is 8.17. The van der Waals surface area contributed by atoms with E-state index in [0.717, 1.165) is 18.4 Å². The van der Waals surface area contributed by atoms with Crippen LogP contribution in [0.25, 0.3) is 11.3 Å². The Morgan fingerprint density at radius 3 is 2.24 bits per heavy atom. The van der Waals surface area contributed by atoms with E-state index in [1.165, 1.54) is 6.26 Å². The second-order valence-electron chi connectivity index (χ2n) is 5.18. The second kappa shape index (κ2) is 5.89. The van der Waals surface area contributed by atoms with Crippen molar-refractivity contribution in [3.05, 3.63) is 30.5 Å². The lowest BCUT2D eigenvalue weighted by Crippen LogP contribution is -2.07. The summed E-state index contributed by atoms with van der Waals surface area (Å²) in [6.45, 7) is 4.24. The highest BCUT2D eigenvalue weighted by Crippen LogP contribution is 2.27. The first kappa shape index (κ1) is 15.6. The van der Waals surface area contributed by atoms with Crippen molar-refractivity contribution in [3.8, 4) is 11.3 Å². The Morgan fingerprint density at radius 2 is 1.76 bits per heavy atom. The monoisotopic (exact) mass is 307 g/mol. The summed E-state index contributed by atoms with van der Waals surface area (Å²) >= 11 is 0. The molecule has 0 radical (unpaired) electrons. The molecule has 0 amide bonds. The quantitative estimate of drug-likeness (QED) is 0.921. The highest BCUT2D eigenvalue weighted by atomic mass is 32.2. The SMILES string of the molecule is CCC(CC)n1cc(N)c(-c2ccc(S(C)(=O)=O)cc2)n1. The van der Waals surface area contributed by atoms with Gasteiger partial charge in [0, 0.05) is 18.0 Å². The van der Waals surface area contributed by atoms with Crippen LogP contribution in [0.3, 0.4) is 0 Å². The zero-order valence-corrected chi connectivity index (χ0v) is 13.4. The highest BCUT2D eigenvalue weighted by molar-refractivity contribution is 7.90. The summed E-state index contributed by atoms with van der Waals surface area (Å²) in [4.78, 5) is 0.296. The molecule has 0 unspecified atom stereocenters. The molecule has 6 heteroatoms. The van der Waals surface area contributed by atoms with Gasteiger partial charge in [-0.15, -0.1) is 0 Å². The van der Waals surface area contributed by atoms with E-state index in [-0.39, 0.29) is 0 Å². The Labute approximate surface area is 125 Å². The molecule has 0 bridgehead atoms. The summed E-state index contributed by atoms with van der Waals surface area (Å²) in [7, 11) is -3.18. The largest absolute Gasteiger partial charge is 0.396 e. The van der Waals surface area contributed by atoms with E-state index < -0.39 is 9.84 Å². The number of rotatable bonds is 5. The molecule has 2 rings (SSSR count). The van der Waals surface area contributed by atoms with Gasteiger partial charge in [0.05, 0.1) is 16.6 Å². The third-order valence-corrected chi connectivity index (χ3v) is 4.76. The van der Waals surface area contributed by atoms with Gasteiger partial charge in [-0.25, -0.2) is 8.42 Å². The van der Waals surface area contributed by atoms with Gasteiger partial charge in [-0.3, -0.25) is 4.68 Å². The van der Waals surface area contributed by atoms with Crippen molar-refractivity contribution >= 4 is 15.5 Å². The fraction of sp³-hybridized carbons (Fsp3) is 0.400. The first-order valence-electron chi connectivity index (χ1n) is 7.02. The van der Waals surface area contributed by atoms with Crippen LogP contribution in [0.5, 0.6) is 0 Å². The van der Waals surface area contributed by atoms with Crippen molar-refractivity contribution in [1.82, 2.24) is 9.78 Å². The second-order valence-corrected chi connectivity index (χ2v) is 7.20. The van der Waals surface area contributed by atoms with Crippen LogP contribution >= 0.6 is 0 Å². The Balaban J connectivity index is 2.39. The molecule has 0 aliphatic carbocycles. The van der Waals surface area contributed by atoms with Crippen molar-refractivity contribution < 1.29 is 8.42 Å². The number of nitrogens with two attached hydrogens (primary N) is 1. The molecule has 1 aromatic heterocycles. The van der Waals surface area contributed by atoms with Gasteiger partial charge in [0.15, 0.2) is 9.84 Å². The van der Waals surface area contributed by atoms with Crippen molar-refractivity contribution in [2.45, 2.75) is 37.6 Å². The van der Waals surface area contributed by atoms with Crippen molar-refractivity contribution in [2.75, 3.05) is 12.0 Å². The standard InChI is InChI=1S/C15H21N3O2S/c1-4-12(5-2)18-10-14(16)15(17-18)11-6-8-13(9-7-11)21(3,19)20/h6-10,12H,4-5,16H2,1-3H3. The molecule has 1 heterocycles. The number of hydrogen-bond donors (Lipinski definition) is 1. The first-order valence-corrected chi connectivity index (χ1v) is 8.91. The summed E-state index contributed by atoms with van der Waals surface area (Å²) in [5, 5.41) is 4.56. The fourth-order valence-electron chi connectivity index (χ4n) is 2.34. The molecule has 0 fully saturated rings. The van der Waals surface area contributed by atoms with Crippen LogP contribution in [-0.2, 0) is 9.84 Å². The van der Waals surface area contributed by atoms with Crippen LogP contribution in [0.4, 0.5) is 5.69 Å². The van der Waals surface area contributed by atoms with Gasteiger partial charge in [0.25, 0.3) is 0 Å². The van der Waals surface area contributed by atoms with Crippen LogP contribution in [0, 0.1) is 0 Å². The van der Waals surface area contributed by atoms with Gasteiger partial charge < -0.3 is 5.73 Å². The smallest absolute Gasteiger partial charge is 0.175 e. The van der Waals surface area contributed by atoms with E-state index in [9.17, 15) is 8.42 Å². The van der Waals surface area contributed by atoms with Gasteiger partial charge >= 0.3 is 0 Å². The molecule has 21 heavy (non-hydrogen) atoms. The summed E-state index contributed by atoms with van der Waals surface area (Å²) in [6.07, 6.45) is 5.02. The number of benzene rings is 1. The van der Waals surface area contributed by atoms with Gasteiger partial charge in [-0.2, -0.15) is 5.10 Å². The average molecular weight is 307 g/mol. The van der Waals surface area contributed by atoms with E-state index in [2.05, 4.69) is 18.9 Å². The Bertz CT molecular complexity index is 714. The lowest BCUT2D eigenvalue weighted by atomic mass is 10.1. The number of sulfone groups is 1. The molecular formula is C15H21N3O2S. The lowest BCUT2D eigenvalue weighted by Gasteiger charge is -2.12. The molecule has 0 aliphatic heterocycles. The molecule has 2 aromatic rings. The van der Waals surface area contributed by atoms with Crippen molar-refractivity contribution in [1.29, 1.82) is 0 Å². The van der Waals surface area contributed by atoms with Crippen molar-refractivity contribution in [3.63, 3.8) is 0 Å². The van der Waals surface area contributed by atoms with E-state index in [0.29, 0.717) is 22.3 Å². The molecule has 114 valence electrons.